The summed E-state index contributed by atoms with van der Waals surface area (Å²) in [6.07, 6.45) is 1.97. The van der Waals surface area contributed by atoms with Crippen molar-refractivity contribution in [2.45, 2.75) is 13.0 Å². The Morgan fingerprint density at radius 3 is 3.08 bits per heavy atom. The number of nitrogens with zero attached hydrogens (tertiary/aromatic N) is 2. The second-order valence-corrected chi connectivity index (χ2v) is 2.61. The Morgan fingerprint density at radius 2 is 2.46 bits per heavy atom. The quantitative estimate of drug-likeness (QED) is 0.595. The van der Waals surface area contributed by atoms with Crippen LogP contribution in [0.2, 0.25) is 0 Å². The van der Waals surface area contributed by atoms with Gasteiger partial charge >= 0.3 is 0 Å². The monoisotopic (exact) mass is 180 g/mol. The largest absolute Gasteiger partial charge is 0.370 e. The third-order valence-electron chi connectivity index (χ3n) is 1.48. The predicted octanol–water partition coefficient (Wildman–Crippen LogP) is -0.558. The third-order valence-corrected chi connectivity index (χ3v) is 1.48. The molecule has 13 heavy (non-hydrogen) atoms. The Labute approximate surface area is 76.4 Å². The minimum absolute atomic E-state index is 0.299. The molecule has 0 unspecified atom stereocenters. The van der Waals surface area contributed by atoms with Crippen molar-refractivity contribution in [1.29, 1.82) is 0 Å². The van der Waals surface area contributed by atoms with Gasteiger partial charge in [-0.2, -0.15) is 10.2 Å². The molecule has 0 atom stereocenters. The smallest absolute Gasteiger partial charge is 0.218 e. The summed E-state index contributed by atoms with van der Waals surface area (Å²) in [7, 11) is 0. The highest BCUT2D eigenvalue weighted by Crippen LogP contribution is 1.89. The first-order valence-electron chi connectivity index (χ1n) is 4.04. The zero-order chi connectivity index (χ0) is 9.52. The van der Waals surface area contributed by atoms with Crippen LogP contribution in [0.5, 0.6) is 0 Å². The molecule has 1 heterocycles. The molecule has 0 saturated heterocycles. The second kappa shape index (κ2) is 5.21. The van der Waals surface area contributed by atoms with Crippen LogP contribution in [0, 0.1) is 0 Å². The summed E-state index contributed by atoms with van der Waals surface area (Å²) in [6.45, 7) is 1.19. The van der Waals surface area contributed by atoms with Crippen LogP contribution in [0.4, 0.5) is 0 Å². The van der Waals surface area contributed by atoms with Gasteiger partial charge in [-0.3, -0.25) is 4.79 Å². The molecule has 0 aliphatic carbocycles. The normalized spacial score (nSPS) is 9.85. The van der Waals surface area contributed by atoms with Gasteiger partial charge < -0.3 is 11.1 Å². The number of hydrogen-bond donors (Lipinski definition) is 2. The fourth-order valence-corrected chi connectivity index (χ4v) is 0.856. The molecular weight excluding hydrogens is 168 g/mol. The van der Waals surface area contributed by atoms with Crippen LogP contribution in [-0.2, 0) is 11.3 Å². The molecule has 1 aromatic heterocycles. The summed E-state index contributed by atoms with van der Waals surface area (Å²) >= 11 is 0. The summed E-state index contributed by atoms with van der Waals surface area (Å²) in [4.78, 5) is 10.4. The zero-order valence-electron chi connectivity index (χ0n) is 7.23. The highest BCUT2D eigenvalue weighted by Gasteiger charge is 1.95. The van der Waals surface area contributed by atoms with E-state index in [0.717, 1.165) is 5.69 Å². The molecule has 1 rings (SSSR count). The molecule has 0 saturated carbocycles. The van der Waals surface area contributed by atoms with E-state index >= 15 is 0 Å². The van der Waals surface area contributed by atoms with Crippen LogP contribution in [-0.4, -0.2) is 22.6 Å². The van der Waals surface area contributed by atoms with E-state index < -0.39 is 0 Å². The minimum atomic E-state index is -0.299. The van der Waals surface area contributed by atoms with E-state index in [9.17, 15) is 4.79 Å². The highest BCUT2D eigenvalue weighted by atomic mass is 16.1. The van der Waals surface area contributed by atoms with E-state index in [1.54, 1.807) is 6.20 Å². The van der Waals surface area contributed by atoms with Crippen LogP contribution < -0.4 is 11.1 Å². The van der Waals surface area contributed by atoms with Gasteiger partial charge in [0.2, 0.25) is 5.91 Å². The topological polar surface area (TPSA) is 80.9 Å². The summed E-state index contributed by atoms with van der Waals surface area (Å²) in [5.41, 5.74) is 5.82. The van der Waals surface area contributed by atoms with E-state index in [2.05, 4.69) is 15.5 Å². The molecular formula is C8H12N4O. The molecule has 0 aliphatic rings. The number of amides is 1. The zero-order valence-corrected chi connectivity index (χ0v) is 7.23. The summed E-state index contributed by atoms with van der Waals surface area (Å²) < 4.78 is 0. The molecule has 0 radical (unpaired) electrons. The standard InChI is InChI=1S/C8H12N4O/c9-8(13)3-5-10-6-7-2-1-4-11-12-7/h1-2,4,10H,3,5-6H2,(H2,9,13). The molecule has 1 aromatic rings. The molecule has 70 valence electrons. The SMILES string of the molecule is NC(=O)CCNCc1cccnn1. The lowest BCUT2D eigenvalue weighted by Crippen LogP contribution is -2.22. The number of rotatable bonds is 5. The minimum Gasteiger partial charge on any atom is -0.370 e. The third kappa shape index (κ3) is 4.17. The van der Waals surface area contributed by atoms with Crippen molar-refractivity contribution in [2.24, 2.45) is 5.73 Å². The lowest BCUT2D eigenvalue weighted by molar-refractivity contribution is -0.117. The fraction of sp³-hybridized carbons (Fsp3) is 0.375. The summed E-state index contributed by atoms with van der Waals surface area (Å²) in [5, 5.41) is 10.6. The van der Waals surface area contributed by atoms with Gasteiger partial charge in [0.25, 0.3) is 0 Å². The summed E-state index contributed by atoms with van der Waals surface area (Å²) in [6, 6.07) is 3.68. The van der Waals surface area contributed by atoms with Crippen molar-refractivity contribution in [3.8, 4) is 0 Å². The van der Waals surface area contributed by atoms with Crippen LogP contribution in [0.25, 0.3) is 0 Å². The van der Waals surface area contributed by atoms with Gasteiger partial charge in [0.15, 0.2) is 0 Å². The molecule has 0 bridgehead atoms. The van der Waals surface area contributed by atoms with Crippen molar-refractivity contribution >= 4 is 5.91 Å². The van der Waals surface area contributed by atoms with E-state index in [0.29, 0.717) is 19.5 Å². The Kier molecular flexibility index (Phi) is 3.84. The molecule has 0 fully saturated rings. The first kappa shape index (κ1) is 9.60. The van der Waals surface area contributed by atoms with E-state index in [-0.39, 0.29) is 5.91 Å². The Hall–Kier alpha value is -1.49. The van der Waals surface area contributed by atoms with Crippen LogP contribution in [0.3, 0.4) is 0 Å². The number of primary amides is 1. The van der Waals surface area contributed by atoms with Crippen LogP contribution in [0.15, 0.2) is 18.3 Å². The first-order chi connectivity index (χ1) is 6.29. The number of nitrogens with one attached hydrogen (secondary N) is 1. The average Bonchev–Trinajstić information content (AvgIpc) is 2.14. The van der Waals surface area contributed by atoms with Crippen molar-refractivity contribution < 1.29 is 4.79 Å². The molecule has 3 N–H and O–H groups in total. The predicted molar refractivity (Wildman–Crippen MR) is 47.6 cm³/mol. The maximum absolute atomic E-state index is 10.4. The summed E-state index contributed by atoms with van der Waals surface area (Å²) in [5.74, 6) is -0.299. The van der Waals surface area contributed by atoms with Crippen molar-refractivity contribution in [3.05, 3.63) is 24.0 Å². The van der Waals surface area contributed by atoms with Crippen molar-refractivity contribution in [1.82, 2.24) is 15.5 Å². The molecule has 1 amide bonds. The molecule has 0 aliphatic heterocycles. The molecule has 5 heteroatoms. The van der Waals surface area contributed by atoms with Crippen LogP contribution in [0.1, 0.15) is 12.1 Å². The average molecular weight is 180 g/mol. The molecule has 0 spiro atoms. The van der Waals surface area contributed by atoms with Gasteiger partial charge in [-0.15, -0.1) is 0 Å². The van der Waals surface area contributed by atoms with Gasteiger partial charge in [-0.05, 0) is 12.1 Å². The number of nitrogens with two attached hydrogens (primary N) is 1. The highest BCUT2D eigenvalue weighted by molar-refractivity contribution is 5.73. The number of aromatic nitrogens is 2. The first-order valence-corrected chi connectivity index (χ1v) is 4.04. The van der Waals surface area contributed by atoms with Gasteiger partial charge in [-0.25, -0.2) is 0 Å². The Balaban J connectivity index is 2.17. The maximum Gasteiger partial charge on any atom is 0.218 e. The lowest BCUT2D eigenvalue weighted by Gasteiger charge is -2.00. The van der Waals surface area contributed by atoms with E-state index in [1.165, 1.54) is 0 Å². The Bertz CT molecular complexity index is 262. The Morgan fingerprint density at radius 1 is 1.62 bits per heavy atom. The van der Waals surface area contributed by atoms with Gasteiger partial charge in [0, 0.05) is 25.7 Å². The van der Waals surface area contributed by atoms with Crippen molar-refractivity contribution in [3.63, 3.8) is 0 Å². The molecule has 5 nitrogen and oxygen atoms in total. The number of carbonyl (C=O) groups is 1. The fourth-order valence-electron chi connectivity index (χ4n) is 0.856. The number of hydrogen-bond acceptors (Lipinski definition) is 4. The van der Waals surface area contributed by atoms with E-state index in [1.807, 2.05) is 12.1 Å². The van der Waals surface area contributed by atoms with E-state index in [4.69, 9.17) is 5.73 Å². The van der Waals surface area contributed by atoms with Gasteiger partial charge in [-0.1, -0.05) is 0 Å². The van der Waals surface area contributed by atoms with Gasteiger partial charge in [0.05, 0.1) is 5.69 Å². The molecule has 0 aromatic carbocycles. The van der Waals surface area contributed by atoms with Crippen LogP contribution >= 0.6 is 0 Å². The van der Waals surface area contributed by atoms with Crippen molar-refractivity contribution in [2.75, 3.05) is 6.54 Å². The number of carbonyl (C=O) groups excluding carboxylic acids is 1. The van der Waals surface area contributed by atoms with Gasteiger partial charge in [0.1, 0.15) is 0 Å². The lowest BCUT2D eigenvalue weighted by atomic mass is 10.3. The maximum atomic E-state index is 10.4. The second-order valence-electron chi connectivity index (χ2n) is 2.61.